The number of anilines is 1. The lowest BCUT2D eigenvalue weighted by Crippen LogP contribution is -2.45. The van der Waals surface area contributed by atoms with Crippen molar-refractivity contribution in [3.63, 3.8) is 0 Å². The van der Waals surface area contributed by atoms with Gasteiger partial charge in [0.05, 0.1) is 17.8 Å². The third-order valence-electron chi connectivity index (χ3n) is 6.37. The smallest absolute Gasteiger partial charge is 0.259 e. The zero-order valence-corrected chi connectivity index (χ0v) is 18.5. The van der Waals surface area contributed by atoms with Gasteiger partial charge in [0.25, 0.3) is 5.91 Å². The number of benzene rings is 1. The minimum absolute atomic E-state index is 0.182. The molecule has 2 aliphatic rings. The normalized spacial score (nSPS) is 17.9. The number of piperidine rings is 2. The van der Waals surface area contributed by atoms with Crippen molar-refractivity contribution >= 4 is 17.5 Å². The van der Waals surface area contributed by atoms with Gasteiger partial charge in [-0.25, -0.2) is 14.4 Å². The van der Waals surface area contributed by atoms with Crippen molar-refractivity contribution in [2.45, 2.75) is 44.9 Å². The summed E-state index contributed by atoms with van der Waals surface area (Å²) in [6.07, 6.45) is 6.85. The van der Waals surface area contributed by atoms with Crippen LogP contribution in [0.1, 0.15) is 59.9 Å². The molecule has 8 heteroatoms. The van der Waals surface area contributed by atoms with Gasteiger partial charge in [0.15, 0.2) is 0 Å². The summed E-state index contributed by atoms with van der Waals surface area (Å²) in [6, 6.07) is 5.62. The number of rotatable bonds is 5. The lowest BCUT2D eigenvalue weighted by molar-refractivity contribution is -0.133. The summed E-state index contributed by atoms with van der Waals surface area (Å²) >= 11 is 0. The van der Waals surface area contributed by atoms with E-state index in [9.17, 15) is 14.0 Å². The van der Waals surface area contributed by atoms with E-state index in [4.69, 9.17) is 0 Å². The maximum absolute atomic E-state index is 13.0. The molecule has 0 bridgehead atoms. The van der Waals surface area contributed by atoms with Crippen molar-refractivity contribution < 1.29 is 14.0 Å². The zero-order chi connectivity index (χ0) is 22.5. The molecule has 2 fully saturated rings. The van der Waals surface area contributed by atoms with Crippen LogP contribution in [0.25, 0.3) is 0 Å². The highest BCUT2D eigenvalue weighted by molar-refractivity contribution is 6.04. The summed E-state index contributed by atoms with van der Waals surface area (Å²) in [5, 5.41) is 2.74. The molecular weight excluding hydrogens is 409 g/mol. The van der Waals surface area contributed by atoms with E-state index in [-0.39, 0.29) is 23.5 Å². The van der Waals surface area contributed by atoms with Crippen molar-refractivity contribution in [2.75, 3.05) is 38.0 Å². The Balaban J connectivity index is 1.32. The Bertz CT molecular complexity index is 951. The Hall–Kier alpha value is -2.87. The maximum atomic E-state index is 13.0. The molecule has 0 radical (unpaired) electrons. The van der Waals surface area contributed by atoms with E-state index in [1.165, 1.54) is 43.5 Å². The van der Waals surface area contributed by atoms with E-state index >= 15 is 0 Å². The molecular formula is C24H30FN5O2. The van der Waals surface area contributed by atoms with Crippen LogP contribution in [0.4, 0.5) is 10.1 Å². The van der Waals surface area contributed by atoms with Gasteiger partial charge >= 0.3 is 0 Å². The van der Waals surface area contributed by atoms with Crippen molar-refractivity contribution in [1.82, 2.24) is 19.8 Å². The molecule has 2 aliphatic heterocycles. The van der Waals surface area contributed by atoms with Gasteiger partial charge in [0.2, 0.25) is 5.91 Å². The molecule has 1 aromatic carbocycles. The van der Waals surface area contributed by atoms with Crippen molar-refractivity contribution in [2.24, 2.45) is 0 Å². The van der Waals surface area contributed by atoms with Crippen molar-refractivity contribution in [3.8, 4) is 0 Å². The number of aromatic nitrogens is 2. The Kier molecular flexibility index (Phi) is 7.09. The molecule has 2 saturated heterocycles. The van der Waals surface area contributed by atoms with E-state index < -0.39 is 0 Å². The minimum atomic E-state index is -0.355. The van der Waals surface area contributed by atoms with Crippen LogP contribution < -0.4 is 5.32 Å². The van der Waals surface area contributed by atoms with Crippen LogP contribution in [0.15, 0.2) is 30.5 Å². The third kappa shape index (κ3) is 5.48. The van der Waals surface area contributed by atoms with Crippen LogP contribution in [-0.4, -0.2) is 64.3 Å². The average molecular weight is 440 g/mol. The molecule has 1 N–H and O–H groups in total. The van der Waals surface area contributed by atoms with E-state index in [1.54, 1.807) is 13.1 Å². The second-order valence-corrected chi connectivity index (χ2v) is 8.68. The number of aryl methyl sites for hydroxylation is 1. The highest BCUT2D eigenvalue weighted by Gasteiger charge is 2.27. The number of nitrogens with one attached hydrogen (secondary N) is 1. The van der Waals surface area contributed by atoms with Gasteiger partial charge in [-0.3, -0.25) is 14.5 Å². The van der Waals surface area contributed by atoms with Gasteiger partial charge < -0.3 is 10.2 Å². The third-order valence-corrected chi connectivity index (χ3v) is 6.37. The summed E-state index contributed by atoms with van der Waals surface area (Å²) in [4.78, 5) is 38.5. The highest BCUT2D eigenvalue weighted by Crippen LogP contribution is 2.26. The summed E-state index contributed by atoms with van der Waals surface area (Å²) < 4.78 is 13.0. The summed E-state index contributed by atoms with van der Waals surface area (Å²) in [6.45, 7) is 5.80. The molecule has 1 aromatic heterocycles. The van der Waals surface area contributed by atoms with Gasteiger partial charge in [0, 0.05) is 30.9 Å². The molecule has 32 heavy (non-hydrogen) atoms. The van der Waals surface area contributed by atoms with Crippen molar-refractivity contribution in [1.29, 1.82) is 0 Å². The average Bonchev–Trinajstić information content (AvgIpc) is 2.81. The van der Waals surface area contributed by atoms with Gasteiger partial charge in [-0.05, 0) is 70.0 Å². The largest absolute Gasteiger partial charge is 0.342 e. The molecule has 0 atom stereocenters. The van der Waals surface area contributed by atoms with E-state index in [0.717, 1.165) is 31.8 Å². The first-order valence-electron chi connectivity index (χ1n) is 11.4. The number of likely N-dealkylation sites (tertiary alicyclic amines) is 2. The molecule has 2 aromatic rings. The molecule has 170 valence electrons. The van der Waals surface area contributed by atoms with Gasteiger partial charge in [-0.2, -0.15) is 0 Å². The van der Waals surface area contributed by atoms with Crippen molar-refractivity contribution in [3.05, 3.63) is 53.4 Å². The second kappa shape index (κ2) is 10.2. The van der Waals surface area contributed by atoms with Gasteiger partial charge in [-0.15, -0.1) is 0 Å². The lowest BCUT2D eigenvalue weighted by atomic mass is 9.95. The number of hydrogen-bond acceptors (Lipinski definition) is 5. The Morgan fingerprint density at radius 2 is 1.75 bits per heavy atom. The quantitative estimate of drug-likeness (QED) is 0.773. The van der Waals surface area contributed by atoms with Crippen LogP contribution in [0, 0.1) is 12.7 Å². The first-order valence-corrected chi connectivity index (χ1v) is 11.4. The fourth-order valence-corrected chi connectivity index (χ4v) is 4.43. The molecule has 2 amide bonds. The molecule has 7 nitrogen and oxygen atoms in total. The Morgan fingerprint density at radius 1 is 1.06 bits per heavy atom. The summed E-state index contributed by atoms with van der Waals surface area (Å²) in [5.41, 5.74) is 1.52. The first kappa shape index (κ1) is 22.3. The number of carbonyl (C=O) groups excluding carboxylic acids is 2. The standard InChI is InChI=1S/C24H30FN5O2/c1-17-21(24(32)28-20-7-5-19(25)6-8-20)15-26-23(27-17)18-9-13-30(14-10-18)22(31)16-29-11-3-2-4-12-29/h5-8,15,18H,2-4,9-14,16H2,1H3,(H,28,32). The molecule has 0 spiro atoms. The monoisotopic (exact) mass is 439 g/mol. The molecule has 0 aliphatic carbocycles. The summed E-state index contributed by atoms with van der Waals surface area (Å²) in [5.74, 6) is 0.450. The van der Waals surface area contributed by atoms with E-state index in [1.807, 2.05) is 4.90 Å². The zero-order valence-electron chi connectivity index (χ0n) is 18.5. The number of hydrogen-bond donors (Lipinski definition) is 1. The van der Waals surface area contributed by atoms with Crippen LogP contribution in [0.3, 0.4) is 0 Å². The summed E-state index contributed by atoms with van der Waals surface area (Å²) in [7, 11) is 0. The van der Waals surface area contributed by atoms with E-state index in [0.29, 0.717) is 36.6 Å². The van der Waals surface area contributed by atoms with Crippen LogP contribution in [0.5, 0.6) is 0 Å². The molecule has 0 saturated carbocycles. The SMILES string of the molecule is Cc1nc(C2CCN(C(=O)CN3CCCCC3)CC2)ncc1C(=O)Nc1ccc(F)cc1. The van der Waals surface area contributed by atoms with Crippen LogP contribution >= 0.6 is 0 Å². The topological polar surface area (TPSA) is 78.4 Å². The minimum Gasteiger partial charge on any atom is -0.342 e. The fraction of sp³-hybridized carbons (Fsp3) is 0.500. The van der Waals surface area contributed by atoms with Crippen LogP contribution in [-0.2, 0) is 4.79 Å². The maximum Gasteiger partial charge on any atom is 0.259 e. The number of amides is 2. The lowest BCUT2D eigenvalue weighted by Gasteiger charge is -2.34. The molecule has 0 unspecified atom stereocenters. The Labute approximate surface area is 188 Å². The fourth-order valence-electron chi connectivity index (χ4n) is 4.43. The number of nitrogens with zero attached hydrogens (tertiary/aromatic N) is 4. The Morgan fingerprint density at radius 3 is 2.41 bits per heavy atom. The number of halogens is 1. The number of carbonyl (C=O) groups is 2. The first-order chi connectivity index (χ1) is 15.5. The highest BCUT2D eigenvalue weighted by atomic mass is 19.1. The second-order valence-electron chi connectivity index (χ2n) is 8.68. The van der Waals surface area contributed by atoms with E-state index in [2.05, 4.69) is 20.2 Å². The predicted octanol–water partition coefficient (Wildman–Crippen LogP) is 3.37. The van der Waals surface area contributed by atoms with Crippen LogP contribution in [0.2, 0.25) is 0 Å². The molecule has 4 rings (SSSR count). The molecule has 3 heterocycles. The van der Waals surface area contributed by atoms with Gasteiger partial charge in [0.1, 0.15) is 11.6 Å². The van der Waals surface area contributed by atoms with Gasteiger partial charge in [-0.1, -0.05) is 6.42 Å². The predicted molar refractivity (Wildman–Crippen MR) is 120 cm³/mol.